The number of hydrogen-bond donors (Lipinski definition) is 1. The number of anilines is 1. The highest BCUT2D eigenvalue weighted by Crippen LogP contribution is 2.41. The van der Waals surface area contributed by atoms with Crippen molar-refractivity contribution in [1.29, 1.82) is 10.5 Å². The number of hydrogen-bond acceptors (Lipinski definition) is 6. The molecule has 4 rings (SSSR count). The normalized spacial score (nSPS) is 14.8. The molecule has 8 heteroatoms. The largest absolute Gasteiger partial charge is 0.324 e. The zero-order valence-electron chi connectivity index (χ0n) is 19.8. The van der Waals surface area contributed by atoms with Gasteiger partial charge in [0, 0.05) is 30.0 Å². The summed E-state index contributed by atoms with van der Waals surface area (Å²) in [6.07, 6.45) is 1.31. The fraction of sp³-hybridized carbons (Fsp3) is 0.346. The first-order chi connectivity index (χ1) is 16.2. The molecule has 1 saturated heterocycles. The predicted molar refractivity (Wildman–Crippen MR) is 133 cm³/mol. The van der Waals surface area contributed by atoms with Gasteiger partial charge in [-0.15, -0.1) is 0 Å². The molecule has 1 aliphatic heterocycles. The maximum absolute atomic E-state index is 13.0. The molecule has 1 fully saturated rings. The molecular weight excluding hydrogens is 444 g/mol. The second-order valence-electron chi connectivity index (χ2n) is 9.01. The molecule has 34 heavy (non-hydrogen) atoms. The number of likely N-dealkylation sites (tertiary alicyclic amines) is 1. The number of aromatic nitrogens is 2. The van der Waals surface area contributed by atoms with E-state index in [0.717, 1.165) is 38.6 Å². The number of piperidine rings is 1. The number of nitrogens with zero attached hydrogens (tertiary/aromatic N) is 5. The monoisotopic (exact) mass is 470 g/mol. The van der Waals surface area contributed by atoms with Gasteiger partial charge >= 0.3 is 6.03 Å². The van der Waals surface area contributed by atoms with Crippen LogP contribution in [0.1, 0.15) is 42.3 Å². The van der Waals surface area contributed by atoms with E-state index in [1.54, 1.807) is 11.0 Å². The molecule has 7 nitrogen and oxygen atoms in total. The number of nitrogens with one attached hydrogen (secondary N) is 1. The molecule has 0 saturated carbocycles. The van der Waals surface area contributed by atoms with Crippen molar-refractivity contribution in [1.82, 2.24) is 14.9 Å². The Balaban J connectivity index is 1.71. The van der Waals surface area contributed by atoms with Crippen LogP contribution in [0.5, 0.6) is 0 Å². The van der Waals surface area contributed by atoms with Crippen molar-refractivity contribution in [3.63, 3.8) is 0 Å². The molecule has 2 amide bonds. The summed E-state index contributed by atoms with van der Waals surface area (Å²) < 4.78 is 0. The maximum Gasteiger partial charge on any atom is 0.323 e. The van der Waals surface area contributed by atoms with Gasteiger partial charge in [-0.1, -0.05) is 23.5 Å². The van der Waals surface area contributed by atoms with E-state index in [0.29, 0.717) is 36.6 Å². The van der Waals surface area contributed by atoms with Gasteiger partial charge in [-0.05, 0) is 69.9 Å². The second kappa shape index (κ2) is 9.24. The van der Waals surface area contributed by atoms with Gasteiger partial charge in [0.2, 0.25) is 0 Å². The summed E-state index contributed by atoms with van der Waals surface area (Å²) in [7, 11) is 0. The fourth-order valence-corrected chi connectivity index (χ4v) is 5.17. The molecular formula is C26H26N6OS. The highest BCUT2D eigenvalue weighted by Gasteiger charge is 2.32. The molecule has 3 aromatic rings. The van der Waals surface area contributed by atoms with Crippen molar-refractivity contribution in [2.24, 2.45) is 5.41 Å². The third-order valence-electron chi connectivity index (χ3n) is 6.32. The van der Waals surface area contributed by atoms with Crippen LogP contribution >= 0.6 is 11.3 Å². The molecule has 2 aromatic heterocycles. The number of benzene rings is 1. The van der Waals surface area contributed by atoms with Crippen molar-refractivity contribution in [3.05, 3.63) is 52.8 Å². The lowest BCUT2D eigenvalue weighted by Gasteiger charge is -2.34. The average Bonchev–Trinajstić information content (AvgIpc) is 3.22. The number of amides is 2. The predicted octanol–water partition coefficient (Wildman–Crippen LogP) is 5.83. The lowest BCUT2D eigenvalue weighted by atomic mass is 9.82. The fourth-order valence-electron chi connectivity index (χ4n) is 4.22. The molecule has 0 spiro atoms. The Morgan fingerprint density at radius 3 is 2.41 bits per heavy atom. The minimum Gasteiger partial charge on any atom is -0.324 e. The highest BCUT2D eigenvalue weighted by atomic mass is 32.1. The van der Waals surface area contributed by atoms with Gasteiger partial charge in [0.05, 0.1) is 33.7 Å². The molecule has 1 aliphatic rings. The first-order valence-corrected chi connectivity index (χ1v) is 12.0. The molecule has 0 aliphatic carbocycles. The summed E-state index contributed by atoms with van der Waals surface area (Å²) in [5, 5.41) is 22.3. The van der Waals surface area contributed by atoms with Crippen molar-refractivity contribution in [3.8, 4) is 33.8 Å². The molecule has 0 atom stereocenters. The first kappa shape index (κ1) is 23.4. The Hall–Kier alpha value is -3.75. The maximum atomic E-state index is 13.0. The summed E-state index contributed by atoms with van der Waals surface area (Å²) in [5.41, 5.74) is 5.44. The Morgan fingerprint density at radius 2 is 1.79 bits per heavy atom. The minimum absolute atomic E-state index is 0.212. The number of urea groups is 1. The number of rotatable bonds is 3. The third-order valence-corrected chi connectivity index (χ3v) is 7.34. The van der Waals surface area contributed by atoms with E-state index in [1.165, 1.54) is 11.3 Å². The zero-order valence-corrected chi connectivity index (χ0v) is 20.6. The van der Waals surface area contributed by atoms with E-state index in [-0.39, 0.29) is 11.4 Å². The van der Waals surface area contributed by atoms with E-state index in [4.69, 9.17) is 4.98 Å². The SMILES string of the molecule is Cc1cc(-c2sc(NC(=O)N3CCC(C)(C#N)CC3)nc2-c2cccc(C#N)c2C)cc(C)n1. The highest BCUT2D eigenvalue weighted by molar-refractivity contribution is 7.19. The number of carbonyl (C=O) groups excluding carboxylic acids is 1. The van der Waals surface area contributed by atoms with Gasteiger partial charge in [-0.2, -0.15) is 10.5 Å². The number of carbonyl (C=O) groups is 1. The van der Waals surface area contributed by atoms with Crippen molar-refractivity contribution >= 4 is 22.5 Å². The van der Waals surface area contributed by atoms with Gasteiger partial charge in [-0.25, -0.2) is 9.78 Å². The van der Waals surface area contributed by atoms with E-state index >= 15 is 0 Å². The van der Waals surface area contributed by atoms with Crippen molar-refractivity contribution in [2.75, 3.05) is 18.4 Å². The number of thiazole rings is 1. The number of pyridine rings is 1. The zero-order chi connectivity index (χ0) is 24.5. The van der Waals surface area contributed by atoms with Gasteiger partial charge < -0.3 is 4.90 Å². The molecule has 3 heterocycles. The van der Waals surface area contributed by atoms with Crippen LogP contribution in [0.4, 0.5) is 9.93 Å². The molecule has 1 aromatic carbocycles. The van der Waals surface area contributed by atoms with E-state index in [9.17, 15) is 15.3 Å². The Labute approximate surface area is 203 Å². The van der Waals surface area contributed by atoms with Crippen LogP contribution in [0, 0.1) is 48.8 Å². The number of nitriles is 2. The lowest BCUT2D eigenvalue weighted by Crippen LogP contribution is -2.43. The smallest absolute Gasteiger partial charge is 0.323 e. The van der Waals surface area contributed by atoms with Crippen LogP contribution in [0.15, 0.2) is 30.3 Å². The van der Waals surface area contributed by atoms with E-state index < -0.39 is 0 Å². The van der Waals surface area contributed by atoms with Crippen LogP contribution < -0.4 is 5.32 Å². The summed E-state index contributed by atoms with van der Waals surface area (Å²) in [6.45, 7) is 8.83. The second-order valence-corrected chi connectivity index (χ2v) is 10.0. The van der Waals surface area contributed by atoms with Crippen LogP contribution in [0.3, 0.4) is 0 Å². The lowest BCUT2D eigenvalue weighted by molar-refractivity contribution is 0.166. The Bertz CT molecular complexity index is 1320. The van der Waals surface area contributed by atoms with Crippen LogP contribution in [0.25, 0.3) is 21.7 Å². The quantitative estimate of drug-likeness (QED) is 0.519. The molecule has 0 radical (unpaired) electrons. The number of aryl methyl sites for hydroxylation is 2. The van der Waals surface area contributed by atoms with E-state index in [1.807, 2.05) is 52.0 Å². The van der Waals surface area contributed by atoms with Crippen molar-refractivity contribution < 1.29 is 4.79 Å². The average molecular weight is 471 g/mol. The standard InChI is InChI=1S/C26H26N6OS/c1-16-12-20(13-17(2)29-16)23-22(21-7-5-6-19(14-27)18(21)3)30-24(34-23)31-25(33)32-10-8-26(4,15-28)9-11-32/h5-7,12-13H,8-11H2,1-4H3,(H,30,31,33). The third kappa shape index (κ3) is 4.64. The molecule has 0 unspecified atom stereocenters. The summed E-state index contributed by atoms with van der Waals surface area (Å²) in [4.78, 5) is 24.9. The van der Waals surface area contributed by atoms with Crippen LogP contribution in [0.2, 0.25) is 0 Å². The van der Waals surface area contributed by atoms with E-state index in [2.05, 4.69) is 22.4 Å². The summed E-state index contributed by atoms with van der Waals surface area (Å²) in [5.74, 6) is 0. The topological polar surface area (TPSA) is 106 Å². The minimum atomic E-state index is -0.376. The van der Waals surface area contributed by atoms with Gasteiger partial charge in [0.1, 0.15) is 0 Å². The van der Waals surface area contributed by atoms with Crippen LogP contribution in [-0.4, -0.2) is 34.0 Å². The summed E-state index contributed by atoms with van der Waals surface area (Å²) in [6, 6.07) is 14.0. The van der Waals surface area contributed by atoms with Gasteiger partial charge in [-0.3, -0.25) is 10.3 Å². The Kier molecular flexibility index (Phi) is 6.37. The first-order valence-electron chi connectivity index (χ1n) is 11.2. The molecule has 1 N–H and O–H groups in total. The van der Waals surface area contributed by atoms with Gasteiger partial charge in [0.15, 0.2) is 5.13 Å². The van der Waals surface area contributed by atoms with Gasteiger partial charge in [0.25, 0.3) is 0 Å². The molecule has 0 bridgehead atoms. The van der Waals surface area contributed by atoms with Crippen LogP contribution in [-0.2, 0) is 0 Å². The van der Waals surface area contributed by atoms with Crippen molar-refractivity contribution in [2.45, 2.75) is 40.5 Å². The Morgan fingerprint density at radius 1 is 1.12 bits per heavy atom. The molecule has 172 valence electrons. The summed E-state index contributed by atoms with van der Waals surface area (Å²) >= 11 is 1.41.